The smallest absolute Gasteiger partial charge is 0.0980 e. The highest BCUT2D eigenvalue weighted by Crippen LogP contribution is 2.57. The number of thiol groups is 1. The molecule has 1 aliphatic carbocycles. The number of hydrogen-bond acceptors (Lipinski definition) is 3. The van der Waals surface area contributed by atoms with Crippen LogP contribution >= 0.6 is 12.6 Å². The topological polar surface area (TPSA) is 49.8 Å². The first-order valence-corrected chi connectivity index (χ1v) is 4.06. The van der Waals surface area contributed by atoms with Crippen LogP contribution in [0.1, 0.15) is 20.3 Å². The van der Waals surface area contributed by atoms with E-state index in [0.29, 0.717) is 16.5 Å². The van der Waals surface area contributed by atoms with Gasteiger partial charge in [0.25, 0.3) is 0 Å². The molecule has 60 valence electrons. The molecular weight excluding hydrogens is 156 g/mol. The Labute approximate surface area is 72.5 Å². The lowest BCUT2D eigenvalue weighted by Crippen LogP contribution is -2.06. The summed E-state index contributed by atoms with van der Waals surface area (Å²) in [6.45, 7) is 4.17. The van der Waals surface area contributed by atoms with E-state index in [1.807, 2.05) is 0 Å². The summed E-state index contributed by atoms with van der Waals surface area (Å²) in [5, 5.41) is 9.13. The van der Waals surface area contributed by atoms with Gasteiger partial charge in [-0.3, -0.25) is 0 Å². The maximum Gasteiger partial charge on any atom is 0.0980 e. The molecule has 0 aromatic rings. The molecule has 1 fully saturated rings. The Morgan fingerprint density at radius 2 is 2.27 bits per heavy atom. The lowest BCUT2D eigenvalue weighted by atomic mass is 9.98. The fourth-order valence-electron chi connectivity index (χ4n) is 1.40. The van der Waals surface area contributed by atoms with Gasteiger partial charge in [-0.25, -0.2) is 0 Å². The number of allylic oxidation sites excluding steroid dienone is 1. The molecule has 2 nitrogen and oxygen atoms in total. The van der Waals surface area contributed by atoms with Gasteiger partial charge in [-0.15, -0.1) is 12.6 Å². The summed E-state index contributed by atoms with van der Waals surface area (Å²) in [5.41, 5.74) is 6.12. The highest BCUT2D eigenvalue weighted by Gasteiger charge is 2.50. The van der Waals surface area contributed by atoms with Crippen LogP contribution in [-0.2, 0) is 0 Å². The van der Waals surface area contributed by atoms with Crippen LogP contribution in [0.25, 0.3) is 0 Å². The standard InChI is InChI=1S/C8H12N2S/c1-5-3-8(5,2)6(4-9)7(10)11/h5,11H,3,10H2,1-2H3/b7-6-. The van der Waals surface area contributed by atoms with E-state index in [1.54, 1.807) is 0 Å². The van der Waals surface area contributed by atoms with Crippen molar-refractivity contribution >= 4 is 12.6 Å². The van der Waals surface area contributed by atoms with Crippen molar-refractivity contribution in [1.29, 1.82) is 5.26 Å². The van der Waals surface area contributed by atoms with Crippen LogP contribution in [-0.4, -0.2) is 0 Å². The third-order valence-corrected chi connectivity index (χ3v) is 2.82. The van der Waals surface area contributed by atoms with Gasteiger partial charge < -0.3 is 5.73 Å². The molecule has 0 spiro atoms. The van der Waals surface area contributed by atoms with Gasteiger partial charge in [-0.1, -0.05) is 13.8 Å². The molecule has 0 radical (unpaired) electrons. The molecule has 2 unspecified atom stereocenters. The van der Waals surface area contributed by atoms with Crippen molar-refractivity contribution < 1.29 is 0 Å². The molecule has 0 aromatic heterocycles. The molecule has 1 aliphatic rings. The van der Waals surface area contributed by atoms with Crippen molar-refractivity contribution in [1.82, 2.24) is 0 Å². The second kappa shape index (κ2) is 2.46. The Kier molecular flexibility index (Phi) is 1.89. The summed E-state index contributed by atoms with van der Waals surface area (Å²) < 4.78 is 0. The quantitative estimate of drug-likeness (QED) is 0.462. The Bertz CT molecular complexity index is 247. The molecule has 2 atom stereocenters. The number of nitrogens with zero attached hydrogens (tertiary/aromatic N) is 1. The Morgan fingerprint density at radius 1 is 1.82 bits per heavy atom. The van der Waals surface area contributed by atoms with Crippen molar-refractivity contribution in [3.8, 4) is 6.07 Å². The molecule has 0 saturated heterocycles. The molecule has 1 saturated carbocycles. The molecule has 0 aromatic carbocycles. The second-order valence-corrected chi connectivity index (χ2v) is 3.88. The molecular formula is C8H12N2S. The monoisotopic (exact) mass is 168 g/mol. The molecule has 0 heterocycles. The highest BCUT2D eigenvalue weighted by molar-refractivity contribution is 7.84. The predicted molar refractivity (Wildman–Crippen MR) is 47.7 cm³/mol. The fraction of sp³-hybridized carbons (Fsp3) is 0.625. The molecule has 3 heteroatoms. The van der Waals surface area contributed by atoms with Crippen molar-refractivity contribution in [2.24, 2.45) is 17.1 Å². The first-order chi connectivity index (χ1) is 5.02. The van der Waals surface area contributed by atoms with Crippen molar-refractivity contribution in [2.45, 2.75) is 20.3 Å². The van der Waals surface area contributed by atoms with Crippen LogP contribution in [0.3, 0.4) is 0 Å². The van der Waals surface area contributed by atoms with Crippen LogP contribution in [0.5, 0.6) is 0 Å². The van der Waals surface area contributed by atoms with Crippen molar-refractivity contribution in [3.05, 3.63) is 10.6 Å². The fourth-order valence-corrected chi connectivity index (χ4v) is 1.71. The summed E-state index contributed by atoms with van der Waals surface area (Å²) in [6.07, 6.45) is 1.05. The second-order valence-electron chi connectivity index (χ2n) is 3.39. The lowest BCUT2D eigenvalue weighted by molar-refractivity contribution is 0.634. The Balaban J connectivity index is 2.93. The summed E-state index contributed by atoms with van der Waals surface area (Å²) in [7, 11) is 0. The molecule has 0 aliphatic heterocycles. The van der Waals surface area contributed by atoms with Gasteiger partial charge in [0, 0.05) is 5.41 Å². The highest BCUT2D eigenvalue weighted by atomic mass is 32.1. The van der Waals surface area contributed by atoms with Gasteiger partial charge in [0.05, 0.1) is 16.7 Å². The first-order valence-electron chi connectivity index (χ1n) is 3.61. The van der Waals surface area contributed by atoms with Crippen LogP contribution < -0.4 is 5.73 Å². The van der Waals surface area contributed by atoms with Crippen LogP contribution in [0.4, 0.5) is 0 Å². The zero-order chi connectivity index (χ0) is 8.65. The average molecular weight is 168 g/mol. The summed E-state index contributed by atoms with van der Waals surface area (Å²) >= 11 is 3.98. The van der Waals surface area contributed by atoms with Crippen molar-refractivity contribution in [3.63, 3.8) is 0 Å². The minimum absolute atomic E-state index is 0.0145. The number of nitrogens with two attached hydrogens (primary N) is 1. The Morgan fingerprint density at radius 3 is 2.36 bits per heavy atom. The molecule has 11 heavy (non-hydrogen) atoms. The average Bonchev–Trinajstić information content (AvgIpc) is 2.41. The van der Waals surface area contributed by atoms with E-state index in [2.05, 4.69) is 32.5 Å². The lowest BCUT2D eigenvalue weighted by Gasteiger charge is -2.08. The van der Waals surface area contributed by atoms with Gasteiger partial charge in [0.2, 0.25) is 0 Å². The SMILES string of the molecule is CC1CC1(C)/C(C#N)=C(/N)S. The number of hydrogen-bond donors (Lipinski definition) is 2. The zero-order valence-corrected chi connectivity index (χ0v) is 7.65. The van der Waals surface area contributed by atoms with E-state index in [1.165, 1.54) is 0 Å². The van der Waals surface area contributed by atoms with E-state index in [4.69, 9.17) is 11.0 Å². The van der Waals surface area contributed by atoms with Gasteiger partial charge in [0.15, 0.2) is 0 Å². The third kappa shape index (κ3) is 1.23. The molecule has 1 rings (SSSR count). The van der Waals surface area contributed by atoms with E-state index in [9.17, 15) is 0 Å². The number of nitriles is 1. The minimum Gasteiger partial charge on any atom is -0.393 e. The molecule has 2 N–H and O–H groups in total. The molecule has 0 bridgehead atoms. The van der Waals surface area contributed by atoms with Gasteiger partial charge >= 0.3 is 0 Å². The minimum atomic E-state index is 0.0145. The third-order valence-electron chi connectivity index (χ3n) is 2.60. The van der Waals surface area contributed by atoms with E-state index in [0.717, 1.165) is 6.42 Å². The first kappa shape index (κ1) is 8.48. The maximum atomic E-state index is 8.75. The number of rotatable bonds is 1. The van der Waals surface area contributed by atoms with Gasteiger partial charge in [0.1, 0.15) is 0 Å². The summed E-state index contributed by atoms with van der Waals surface area (Å²) in [6, 6.07) is 2.11. The van der Waals surface area contributed by atoms with Crippen molar-refractivity contribution in [2.75, 3.05) is 0 Å². The van der Waals surface area contributed by atoms with Gasteiger partial charge in [-0.2, -0.15) is 5.26 Å². The summed E-state index contributed by atoms with van der Waals surface area (Å²) in [5.74, 6) is 0.572. The zero-order valence-electron chi connectivity index (χ0n) is 6.76. The normalized spacial score (nSPS) is 37.5. The maximum absolute atomic E-state index is 8.75. The van der Waals surface area contributed by atoms with E-state index in [-0.39, 0.29) is 5.41 Å². The van der Waals surface area contributed by atoms with Gasteiger partial charge in [-0.05, 0) is 12.3 Å². The Hall–Kier alpha value is -0.620. The van der Waals surface area contributed by atoms with E-state index < -0.39 is 0 Å². The van der Waals surface area contributed by atoms with Crippen LogP contribution in [0.2, 0.25) is 0 Å². The van der Waals surface area contributed by atoms with Crippen LogP contribution in [0, 0.1) is 22.7 Å². The largest absolute Gasteiger partial charge is 0.393 e. The predicted octanol–water partition coefficient (Wildman–Crippen LogP) is 1.66. The van der Waals surface area contributed by atoms with Crippen LogP contribution in [0.15, 0.2) is 10.6 Å². The summed E-state index contributed by atoms with van der Waals surface area (Å²) in [4.78, 5) is 0. The molecule has 0 amide bonds. The van der Waals surface area contributed by atoms with E-state index >= 15 is 0 Å².